The Kier molecular flexibility index (Phi) is 6.96. The summed E-state index contributed by atoms with van der Waals surface area (Å²) in [6, 6.07) is 22.4. The minimum atomic E-state index is -1.58. The number of oxazole rings is 1. The second-order valence-corrected chi connectivity index (χ2v) is 12.6. The molecule has 232 valence electrons. The largest absolute Gasteiger partial charge is 0.469 e. The lowest BCUT2D eigenvalue weighted by molar-refractivity contribution is -0.143. The number of nitrogens with zero attached hydrogens (tertiary/aromatic N) is 1. The van der Waals surface area contributed by atoms with Crippen LogP contribution in [0.2, 0.25) is 0 Å². The third-order valence-corrected chi connectivity index (χ3v) is 9.68. The molecule has 3 aliphatic heterocycles. The van der Waals surface area contributed by atoms with Gasteiger partial charge in [0.1, 0.15) is 34.5 Å². The highest BCUT2D eigenvalue weighted by Gasteiger charge is 2.60. The highest BCUT2D eigenvalue weighted by atomic mass is 16.5. The number of hydrogen-bond donors (Lipinski definition) is 4. The van der Waals surface area contributed by atoms with Crippen molar-refractivity contribution in [3.63, 3.8) is 0 Å². The average Bonchev–Trinajstić information content (AvgIpc) is 3.72. The lowest BCUT2D eigenvalue weighted by Gasteiger charge is -2.30. The Morgan fingerprint density at radius 3 is 2.51 bits per heavy atom. The number of rotatable bonds is 6. The van der Waals surface area contributed by atoms with Gasteiger partial charge in [0.05, 0.1) is 0 Å². The first kappa shape index (κ1) is 29.1. The molecular weight excluding hydrogens is 568 g/mol. The smallest absolute Gasteiger partial charge is 0.252 e. The van der Waals surface area contributed by atoms with E-state index in [1.165, 1.54) is 0 Å². The van der Waals surface area contributed by atoms with Crippen molar-refractivity contribution in [3.8, 4) is 17.0 Å². The number of para-hydroxylation sites is 1. The summed E-state index contributed by atoms with van der Waals surface area (Å²) < 4.78 is 13.5. The number of amides is 2. The fourth-order valence-corrected chi connectivity index (χ4v) is 6.96. The topological polar surface area (TPSA) is 126 Å². The van der Waals surface area contributed by atoms with Crippen LogP contribution in [0.25, 0.3) is 11.3 Å². The number of anilines is 1. The number of aliphatic hydroxyl groups is 1. The Balaban J connectivity index is 1.48. The van der Waals surface area contributed by atoms with Crippen molar-refractivity contribution >= 4 is 17.5 Å². The molecule has 3 aliphatic rings. The highest BCUT2D eigenvalue weighted by molar-refractivity contribution is 5.91. The maximum Gasteiger partial charge on any atom is 0.252 e. The molecule has 0 fully saturated rings. The average molecular weight is 607 g/mol. The summed E-state index contributed by atoms with van der Waals surface area (Å²) in [5.41, 5.74) is 2.79. The first-order valence-corrected chi connectivity index (χ1v) is 15.8. The van der Waals surface area contributed by atoms with Crippen molar-refractivity contribution in [3.05, 3.63) is 101 Å². The molecule has 0 saturated carbocycles. The Labute approximate surface area is 262 Å². The van der Waals surface area contributed by atoms with Gasteiger partial charge < -0.3 is 30.2 Å². The van der Waals surface area contributed by atoms with Crippen molar-refractivity contribution < 1.29 is 23.8 Å². The first-order chi connectivity index (χ1) is 21.7. The van der Waals surface area contributed by atoms with E-state index >= 15 is 0 Å². The van der Waals surface area contributed by atoms with Crippen LogP contribution in [0.1, 0.15) is 74.9 Å². The molecule has 0 saturated heterocycles. The van der Waals surface area contributed by atoms with Crippen LogP contribution in [0.15, 0.2) is 77.2 Å². The van der Waals surface area contributed by atoms with Crippen molar-refractivity contribution in [1.82, 2.24) is 15.6 Å². The van der Waals surface area contributed by atoms with Gasteiger partial charge in [-0.05, 0) is 42.0 Å². The van der Waals surface area contributed by atoms with Crippen LogP contribution in [-0.2, 0) is 21.4 Å². The molecule has 4 N–H and O–H groups in total. The van der Waals surface area contributed by atoms with Gasteiger partial charge in [-0.3, -0.25) is 9.59 Å². The Bertz CT molecular complexity index is 1780. The van der Waals surface area contributed by atoms with Gasteiger partial charge in [0.2, 0.25) is 11.8 Å². The maximum atomic E-state index is 14.0. The Hall–Kier alpha value is -4.63. The molecule has 3 aromatic carbocycles. The fourth-order valence-electron chi connectivity index (χ4n) is 6.96. The lowest BCUT2D eigenvalue weighted by Crippen LogP contribution is -2.55. The molecule has 9 heteroatoms. The molecule has 0 radical (unpaired) electrons. The molecule has 1 spiro atoms. The molecule has 7 rings (SSSR count). The minimum absolute atomic E-state index is 0.0953. The predicted octanol–water partition coefficient (Wildman–Crippen LogP) is 5.23. The number of hydrogen-bond acceptors (Lipinski definition) is 7. The minimum Gasteiger partial charge on any atom is -0.469 e. The number of carbonyl (C=O) groups excluding carboxylic acids is 2. The number of ether oxygens (including phenoxy) is 1. The zero-order valence-electron chi connectivity index (χ0n) is 25.9. The summed E-state index contributed by atoms with van der Waals surface area (Å²) in [4.78, 5) is 32.5. The van der Waals surface area contributed by atoms with Gasteiger partial charge in [-0.2, -0.15) is 0 Å². The van der Waals surface area contributed by atoms with E-state index in [1.54, 1.807) is 13.8 Å². The molecule has 4 aromatic rings. The molecule has 0 aliphatic carbocycles. The summed E-state index contributed by atoms with van der Waals surface area (Å²) in [5.74, 6) is 0.677. The van der Waals surface area contributed by atoms with Gasteiger partial charge in [0.25, 0.3) is 5.91 Å². The van der Waals surface area contributed by atoms with E-state index < -0.39 is 35.2 Å². The van der Waals surface area contributed by atoms with E-state index in [0.29, 0.717) is 23.1 Å². The summed E-state index contributed by atoms with van der Waals surface area (Å²) in [6.07, 6.45) is 0.170. The Morgan fingerprint density at radius 1 is 1.04 bits per heavy atom. The number of carbonyl (C=O) groups is 2. The van der Waals surface area contributed by atoms with Crippen molar-refractivity contribution in [2.75, 3.05) is 5.32 Å². The first-order valence-electron chi connectivity index (χ1n) is 15.8. The van der Waals surface area contributed by atoms with Crippen molar-refractivity contribution in [2.45, 2.75) is 76.3 Å². The summed E-state index contributed by atoms with van der Waals surface area (Å²) in [6.45, 7) is 7.51. The van der Waals surface area contributed by atoms with Gasteiger partial charge in [-0.25, -0.2) is 4.98 Å². The zero-order chi connectivity index (χ0) is 31.5. The molecule has 4 bridgehead atoms. The number of fused-ring (bicyclic) bond motifs is 4. The lowest BCUT2D eigenvalue weighted by atomic mass is 9.72. The van der Waals surface area contributed by atoms with E-state index in [0.717, 1.165) is 27.9 Å². The molecule has 45 heavy (non-hydrogen) atoms. The van der Waals surface area contributed by atoms with Crippen LogP contribution in [0.3, 0.4) is 0 Å². The molecule has 2 unspecified atom stereocenters. The van der Waals surface area contributed by atoms with Crippen LogP contribution in [-0.4, -0.2) is 39.8 Å². The van der Waals surface area contributed by atoms with E-state index in [-0.39, 0.29) is 31.1 Å². The zero-order valence-corrected chi connectivity index (χ0v) is 25.9. The molecule has 4 atom stereocenters. The van der Waals surface area contributed by atoms with Crippen LogP contribution in [0.4, 0.5) is 5.69 Å². The molecule has 2 amide bonds. The number of nitrogens with one attached hydrogen (secondary N) is 3. The van der Waals surface area contributed by atoms with E-state index in [2.05, 4.69) is 28.1 Å². The van der Waals surface area contributed by atoms with Crippen LogP contribution in [0, 0.1) is 5.92 Å². The molecule has 9 nitrogen and oxygen atoms in total. The maximum absolute atomic E-state index is 14.0. The molecule has 4 heterocycles. The third kappa shape index (κ3) is 4.43. The second-order valence-electron chi connectivity index (χ2n) is 12.6. The van der Waals surface area contributed by atoms with E-state index in [9.17, 15) is 14.7 Å². The van der Waals surface area contributed by atoms with Gasteiger partial charge in [0.15, 0.2) is 12.0 Å². The van der Waals surface area contributed by atoms with E-state index in [4.69, 9.17) is 14.1 Å². The second kappa shape index (κ2) is 10.8. The molecular formula is C36H38N4O5. The van der Waals surface area contributed by atoms with Crippen LogP contribution < -0.4 is 20.7 Å². The predicted molar refractivity (Wildman–Crippen MR) is 170 cm³/mol. The highest BCUT2D eigenvalue weighted by Crippen LogP contribution is 2.59. The summed E-state index contributed by atoms with van der Waals surface area (Å²) in [5, 5.41) is 20.6. The van der Waals surface area contributed by atoms with Crippen LogP contribution >= 0.6 is 0 Å². The Morgan fingerprint density at radius 2 is 1.78 bits per heavy atom. The number of aromatic nitrogens is 1. The SMILES string of the molecule is CCC(O)(CC)C(=O)N[C@H]1Cc2ccc3c(c2)C2(c4ccccc4NC2O3)c2oc(nc2-c2ccccc2)[C@H](C(C)C)NC1=O. The van der Waals surface area contributed by atoms with Gasteiger partial charge >= 0.3 is 0 Å². The normalized spacial score (nSPS) is 23.2. The molecule has 1 aromatic heterocycles. The summed E-state index contributed by atoms with van der Waals surface area (Å²) in [7, 11) is 0. The standard InChI is InChI=1S/C36H38N4O5/c1-5-35(43,6-2)33(42)37-26-19-21-16-17-27-24(18-21)36(23-14-10-11-15-25(23)38-34(36)44-27)30-29(22-12-8-7-9-13-22)40-32(45-30)28(20(3)4)39-31(26)41/h7-18,20,26,28,34,38,43H,5-6,19H2,1-4H3,(H,37,42)(H,39,41)/t26-,28-,34?,36?/m0/s1. The van der Waals surface area contributed by atoms with Crippen LogP contribution in [0.5, 0.6) is 5.75 Å². The third-order valence-electron chi connectivity index (χ3n) is 9.68. The van der Waals surface area contributed by atoms with Gasteiger partial charge in [-0.1, -0.05) is 88.4 Å². The quantitative estimate of drug-likeness (QED) is 0.237. The fraction of sp³-hybridized carbons (Fsp3) is 0.361. The van der Waals surface area contributed by atoms with Crippen molar-refractivity contribution in [1.29, 1.82) is 0 Å². The van der Waals surface area contributed by atoms with Gasteiger partial charge in [0, 0.05) is 23.2 Å². The van der Waals surface area contributed by atoms with Gasteiger partial charge in [-0.15, -0.1) is 0 Å². The summed E-state index contributed by atoms with van der Waals surface area (Å²) >= 11 is 0. The number of benzene rings is 3. The van der Waals surface area contributed by atoms with Crippen molar-refractivity contribution in [2.24, 2.45) is 5.92 Å². The van der Waals surface area contributed by atoms with E-state index in [1.807, 2.05) is 74.5 Å². The monoisotopic (exact) mass is 606 g/mol.